The Labute approximate surface area is 150 Å². The molecule has 130 valence electrons. The van der Waals surface area contributed by atoms with Crippen LogP contribution in [0, 0.1) is 0 Å². The van der Waals surface area contributed by atoms with Crippen molar-refractivity contribution in [2.24, 2.45) is 0 Å². The Morgan fingerprint density at radius 3 is 2.60 bits per heavy atom. The SMILES string of the molecule is O=C(Nc1cccc(Cl)c1)N1CCN(c2ccc3c(c2)OCO3)CC1. The van der Waals surface area contributed by atoms with E-state index in [-0.39, 0.29) is 12.8 Å². The molecular weight excluding hydrogens is 342 g/mol. The van der Waals surface area contributed by atoms with Gasteiger partial charge in [-0.3, -0.25) is 0 Å². The number of nitrogens with one attached hydrogen (secondary N) is 1. The van der Waals surface area contributed by atoms with Crippen LogP contribution in [0.4, 0.5) is 16.2 Å². The molecule has 0 aliphatic carbocycles. The summed E-state index contributed by atoms with van der Waals surface area (Å²) in [6.45, 7) is 3.11. The van der Waals surface area contributed by atoms with Gasteiger partial charge in [-0.05, 0) is 30.3 Å². The molecule has 0 aromatic heterocycles. The maximum absolute atomic E-state index is 12.4. The van der Waals surface area contributed by atoms with Crippen LogP contribution in [-0.4, -0.2) is 43.9 Å². The fourth-order valence-electron chi connectivity index (χ4n) is 3.02. The fraction of sp³-hybridized carbons (Fsp3) is 0.278. The number of carbonyl (C=O) groups excluding carboxylic acids is 1. The van der Waals surface area contributed by atoms with Gasteiger partial charge in [-0.25, -0.2) is 4.79 Å². The van der Waals surface area contributed by atoms with Crippen LogP contribution >= 0.6 is 11.6 Å². The van der Waals surface area contributed by atoms with Crippen molar-refractivity contribution in [3.05, 3.63) is 47.5 Å². The van der Waals surface area contributed by atoms with E-state index >= 15 is 0 Å². The van der Waals surface area contributed by atoms with E-state index < -0.39 is 0 Å². The summed E-state index contributed by atoms with van der Waals surface area (Å²) in [5.74, 6) is 1.56. The Bertz CT molecular complexity index is 791. The van der Waals surface area contributed by atoms with Gasteiger partial charge < -0.3 is 24.6 Å². The third-order valence-corrected chi connectivity index (χ3v) is 4.60. The summed E-state index contributed by atoms with van der Waals surface area (Å²) >= 11 is 5.95. The average molecular weight is 360 g/mol. The summed E-state index contributed by atoms with van der Waals surface area (Å²) in [6, 6.07) is 13.0. The fourth-order valence-corrected chi connectivity index (χ4v) is 3.21. The van der Waals surface area contributed by atoms with Crippen LogP contribution in [-0.2, 0) is 0 Å². The zero-order valence-corrected chi connectivity index (χ0v) is 14.3. The minimum Gasteiger partial charge on any atom is -0.454 e. The molecule has 2 aliphatic rings. The highest BCUT2D eigenvalue weighted by atomic mass is 35.5. The van der Waals surface area contributed by atoms with E-state index in [1.54, 1.807) is 12.1 Å². The molecule has 4 rings (SSSR count). The third-order valence-electron chi connectivity index (χ3n) is 4.36. The Kier molecular flexibility index (Phi) is 4.28. The molecule has 0 spiro atoms. The summed E-state index contributed by atoms with van der Waals surface area (Å²) in [7, 11) is 0. The molecule has 0 radical (unpaired) electrons. The first kappa shape index (κ1) is 15.9. The number of nitrogens with zero attached hydrogens (tertiary/aromatic N) is 2. The average Bonchev–Trinajstić information content (AvgIpc) is 3.09. The number of amides is 2. The van der Waals surface area contributed by atoms with E-state index in [9.17, 15) is 4.79 Å². The number of piperazine rings is 1. The molecule has 2 heterocycles. The molecule has 0 atom stereocenters. The monoisotopic (exact) mass is 359 g/mol. The number of benzene rings is 2. The van der Waals surface area contributed by atoms with Crippen LogP contribution in [0.1, 0.15) is 0 Å². The van der Waals surface area contributed by atoms with Crippen LogP contribution in [0.25, 0.3) is 0 Å². The van der Waals surface area contributed by atoms with Crippen molar-refractivity contribution in [1.82, 2.24) is 4.90 Å². The summed E-state index contributed by atoms with van der Waals surface area (Å²) in [5.41, 5.74) is 1.79. The van der Waals surface area contributed by atoms with Gasteiger partial charge in [0.2, 0.25) is 6.79 Å². The number of hydrogen-bond acceptors (Lipinski definition) is 4. The van der Waals surface area contributed by atoms with E-state index in [0.717, 1.165) is 30.3 Å². The lowest BCUT2D eigenvalue weighted by Gasteiger charge is -2.36. The van der Waals surface area contributed by atoms with Crippen LogP contribution < -0.4 is 19.7 Å². The number of ether oxygens (including phenoxy) is 2. The normalized spacial score (nSPS) is 16.0. The van der Waals surface area contributed by atoms with Crippen molar-refractivity contribution >= 4 is 29.0 Å². The second-order valence-corrected chi connectivity index (χ2v) is 6.39. The summed E-state index contributed by atoms with van der Waals surface area (Å²) < 4.78 is 10.8. The first-order valence-corrected chi connectivity index (χ1v) is 8.53. The predicted octanol–water partition coefficient (Wildman–Crippen LogP) is 3.42. The molecule has 1 saturated heterocycles. The highest BCUT2D eigenvalue weighted by Crippen LogP contribution is 2.35. The molecule has 7 heteroatoms. The summed E-state index contributed by atoms with van der Waals surface area (Å²) in [6.07, 6.45) is 0. The smallest absolute Gasteiger partial charge is 0.321 e. The molecule has 6 nitrogen and oxygen atoms in total. The predicted molar refractivity (Wildman–Crippen MR) is 96.8 cm³/mol. The molecule has 25 heavy (non-hydrogen) atoms. The lowest BCUT2D eigenvalue weighted by molar-refractivity contribution is 0.174. The number of fused-ring (bicyclic) bond motifs is 1. The van der Waals surface area contributed by atoms with Crippen molar-refractivity contribution in [3.8, 4) is 11.5 Å². The van der Waals surface area contributed by atoms with Crippen molar-refractivity contribution < 1.29 is 14.3 Å². The minimum atomic E-state index is -0.104. The highest BCUT2D eigenvalue weighted by molar-refractivity contribution is 6.30. The standard InChI is InChI=1S/C18H18ClN3O3/c19-13-2-1-3-14(10-13)20-18(23)22-8-6-21(7-9-22)15-4-5-16-17(11-15)25-12-24-16/h1-5,10-11H,6-9,12H2,(H,20,23). The Morgan fingerprint density at radius 2 is 1.80 bits per heavy atom. The van der Waals surface area contributed by atoms with Gasteiger partial charge >= 0.3 is 6.03 Å². The van der Waals surface area contributed by atoms with Crippen molar-refractivity contribution in [1.29, 1.82) is 0 Å². The molecule has 0 saturated carbocycles. The first-order chi connectivity index (χ1) is 12.2. The number of carbonyl (C=O) groups is 1. The molecule has 0 bridgehead atoms. The van der Waals surface area contributed by atoms with Crippen LogP contribution in [0.2, 0.25) is 5.02 Å². The van der Waals surface area contributed by atoms with E-state index in [0.29, 0.717) is 23.8 Å². The zero-order chi connectivity index (χ0) is 17.2. The maximum atomic E-state index is 12.4. The number of halogens is 1. The number of rotatable bonds is 2. The second kappa shape index (κ2) is 6.72. The van der Waals surface area contributed by atoms with Crippen LogP contribution in [0.5, 0.6) is 11.5 Å². The third kappa shape index (κ3) is 3.44. The van der Waals surface area contributed by atoms with Crippen molar-refractivity contribution in [2.75, 3.05) is 43.2 Å². The zero-order valence-electron chi connectivity index (χ0n) is 13.6. The van der Waals surface area contributed by atoms with Crippen molar-refractivity contribution in [3.63, 3.8) is 0 Å². The van der Waals surface area contributed by atoms with E-state index in [1.807, 2.05) is 35.2 Å². The van der Waals surface area contributed by atoms with Gasteiger partial charge in [0.05, 0.1) is 0 Å². The van der Waals surface area contributed by atoms with Crippen LogP contribution in [0.3, 0.4) is 0 Å². The van der Waals surface area contributed by atoms with Gasteiger partial charge in [-0.1, -0.05) is 17.7 Å². The highest BCUT2D eigenvalue weighted by Gasteiger charge is 2.23. The van der Waals surface area contributed by atoms with E-state index in [4.69, 9.17) is 21.1 Å². The molecule has 2 aliphatic heterocycles. The lowest BCUT2D eigenvalue weighted by atomic mass is 10.2. The minimum absolute atomic E-state index is 0.104. The van der Waals surface area contributed by atoms with E-state index in [2.05, 4.69) is 10.2 Å². The molecule has 1 N–H and O–H groups in total. The summed E-state index contributed by atoms with van der Waals surface area (Å²) in [5, 5.41) is 3.49. The van der Waals surface area contributed by atoms with Gasteiger partial charge in [-0.15, -0.1) is 0 Å². The topological polar surface area (TPSA) is 54.0 Å². The van der Waals surface area contributed by atoms with Crippen molar-refractivity contribution in [2.45, 2.75) is 0 Å². The van der Waals surface area contributed by atoms with E-state index in [1.165, 1.54) is 0 Å². The van der Waals surface area contributed by atoms with Gasteiger partial charge in [0, 0.05) is 48.6 Å². The van der Waals surface area contributed by atoms with Gasteiger partial charge in [-0.2, -0.15) is 0 Å². The number of urea groups is 1. The van der Waals surface area contributed by atoms with Gasteiger partial charge in [0.25, 0.3) is 0 Å². The molecule has 2 aromatic rings. The molecule has 2 aromatic carbocycles. The lowest BCUT2D eigenvalue weighted by Crippen LogP contribution is -2.50. The Morgan fingerprint density at radius 1 is 1.00 bits per heavy atom. The van der Waals surface area contributed by atoms with Gasteiger partial charge in [0.1, 0.15) is 0 Å². The second-order valence-electron chi connectivity index (χ2n) is 5.95. The Hall–Kier alpha value is -2.60. The maximum Gasteiger partial charge on any atom is 0.321 e. The largest absolute Gasteiger partial charge is 0.454 e. The summed E-state index contributed by atoms with van der Waals surface area (Å²) in [4.78, 5) is 16.4. The molecule has 0 unspecified atom stereocenters. The quantitative estimate of drug-likeness (QED) is 0.892. The Balaban J connectivity index is 1.35. The van der Waals surface area contributed by atoms with Crippen LogP contribution in [0.15, 0.2) is 42.5 Å². The number of anilines is 2. The molecule has 1 fully saturated rings. The van der Waals surface area contributed by atoms with Gasteiger partial charge in [0.15, 0.2) is 11.5 Å². The number of hydrogen-bond donors (Lipinski definition) is 1. The molecular formula is C18H18ClN3O3. The first-order valence-electron chi connectivity index (χ1n) is 8.15. The molecule has 2 amide bonds.